The summed E-state index contributed by atoms with van der Waals surface area (Å²) in [7, 11) is 1.47. The summed E-state index contributed by atoms with van der Waals surface area (Å²) < 4.78 is 5.03. The van der Waals surface area contributed by atoms with E-state index >= 15 is 0 Å². The summed E-state index contributed by atoms with van der Waals surface area (Å²) in [5, 5.41) is 2.56. The Morgan fingerprint density at radius 3 is 2.80 bits per heavy atom. The van der Waals surface area contributed by atoms with E-state index in [1.165, 1.54) is 20.1 Å². The highest BCUT2D eigenvalue weighted by Crippen LogP contribution is 2.10. The van der Waals surface area contributed by atoms with Gasteiger partial charge in [-0.15, -0.1) is 0 Å². The largest absolute Gasteiger partial charge is 0.482 e. The molecule has 1 heterocycles. The van der Waals surface area contributed by atoms with E-state index in [0.29, 0.717) is 11.4 Å². The van der Waals surface area contributed by atoms with E-state index in [2.05, 4.69) is 10.3 Å². The van der Waals surface area contributed by atoms with Crippen LogP contribution in [0.1, 0.15) is 18.2 Å². The molecule has 1 aromatic rings. The van der Waals surface area contributed by atoms with Crippen molar-refractivity contribution in [2.75, 3.05) is 7.11 Å². The smallest absolute Gasteiger partial charge is 0.217 e. The van der Waals surface area contributed by atoms with E-state index in [9.17, 15) is 9.59 Å². The number of carbonyl (C=O) groups excluding carboxylic acids is 1. The average molecular weight is 210 g/mol. The van der Waals surface area contributed by atoms with Gasteiger partial charge >= 0.3 is 0 Å². The lowest BCUT2D eigenvalue weighted by molar-refractivity contribution is -0.119. The number of amides is 1. The number of pyridine rings is 1. The first-order chi connectivity index (χ1) is 7.04. The summed E-state index contributed by atoms with van der Waals surface area (Å²) in [6.45, 7) is 3.34. The number of ether oxygens (including phenoxy) is 1. The molecular weight excluding hydrogens is 196 g/mol. The molecule has 0 aliphatic carbocycles. The molecule has 0 aliphatic heterocycles. The van der Waals surface area contributed by atoms with E-state index in [-0.39, 0.29) is 17.9 Å². The first-order valence-corrected chi connectivity index (χ1v) is 4.56. The van der Waals surface area contributed by atoms with Crippen LogP contribution in [0, 0.1) is 6.92 Å². The second-order valence-corrected chi connectivity index (χ2v) is 3.24. The van der Waals surface area contributed by atoms with E-state index in [4.69, 9.17) is 4.74 Å². The lowest BCUT2D eigenvalue weighted by Crippen LogP contribution is -2.24. The molecule has 0 bridgehead atoms. The number of rotatable bonds is 3. The highest BCUT2D eigenvalue weighted by molar-refractivity contribution is 5.72. The van der Waals surface area contributed by atoms with Crippen molar-refractivity contribution in [2.45, 2.75) is 20.4 Å². The molecule has 5 nitrogen and oxygen atoms in total. The van der Waals surface area contributed by atoms with Gasteiger partial charge in [-0.1, -0.05) is 0 Å². The third-order valence-corrected chi connectivity index (χ3v) is 1.95. The molecule has 0 aromatic carbocycles. The predicted molar refractivity (Wildman–Crippen MR) is 55.9 cm³/mol. The van der Waals surface area contributed by atoms with Crippen LogP contribution in [-0.2, 0) is 11.3 Å². The molecule has 0 radical (unpaired) electrons. The zero-order valence-corrected chi connectivity index (χ0v) is 9.01. The molecule has 0 saturated heterocycles. The van der Waals surface area contributed by atoms with Crippen molar-refractivity contribution in [3.8, 4) is 5.88 Å². The van der Waals surface area contributed by atoms with Crippen molar-refractivity contribution in [1.29, 1.82) is 0 Å². The lowest BCUT2D eigenvalue weighted by Gasteiger charge is -2.08. The number of hydrogen-bond acceptors (Lipinski definition) is 3. The van der Waals surface area contributed by atoms with Crippen LogP contribution in [0.15, 0.2) is 10.9 Å². The van der Waals surface area contributed by atoms with Crippen LogP contribution in [0.25, 0.3) is 0 Å². The summed E-state index contributed by atoms with van der Waals surface area (Å²) in [5.41, 5.74) is 1.01. The van der Waals surface area contributed by atoms with E-state index in [1.54, 1.807) is 6.92 Å². The third-order valence-electron chi connectivity index (χ3n) is 1.95. The maximum Gasteiger partial charge on any atom is 0.217 e. The number of carbonyl (C=O) groups is 1. The van der Waals surface area contributed by atoms with Gasteiger partial charge in [0.05, 0.1) is 19.2 Å². The summed E-state index contributed by atoms with van der Waals surface area (Å²) in [6.07, 6.45) is 0. The van der Waals surface area contributed by atoms with Crippen molar-refractivity contribution in [3.05, 3.63) is 27.5 Å². The zero-order chi connectivity index (χ0) is 11.4. The van der Waals surface area contributed by atoms with Crippen LogP contribution in [0.5, 0.6) is 5.88 Å². The summed E-state index contributed by atoms with van der Waals surface area (Å²) >= 11 is 0. The van der Waals surface area contributed by atoms with E-state index in [0.717, 1.165) is 5.69 Å². The van der Waals surface area contributed by atoms with Crippen LogP contribution in [-0.4, -0.2) is 18.0 Å². The molecule has 82 valence electrons. The Balaban J connectivity index is 3.04. The van der Waals surface area contributed by atoms with Gasteiger partial charge in [-0.3, -0.25) is 9.59 Å². The summed E-state index contributed by atoms with van der Waals surface area (Å²) in [6, 6.07) is 1.47. The summed E-state index contributed by atoms with van der Waals surface area (Å²) in [5.74, 6) is 0.214. The highest BCUT2D eigenvalue weighted by atomic mass is 16.5. The molecule has 1 amide bonds. The zero-order valence-electron chi connectivity index (χ0n) is 9.01. The Hall–Kier alpha value is -1.78. The first-order valence-electron chi connectivity index (χ1n) is 4.56. The van der Waals surface area contributed by atoms with E-state index < -0.39 is 0 Å². The minimum absolute atomic E-state index is 0.142. The number of nitrogens with one attached hydrogen (secondary N) is 2. The van der Waals surface area contributed by atoms with Crippen LogP contribution in [0.3, 0.4) is 0 Å². The van der Waals surface area contributed by atoms with Crippen molar-refractivity contribution in [1.82, 2.24) is 10.3 Å². The molecule has 0 atom stereocenters. The third kappa shape index (κ3) is 2.83. The number of aromatic nitrogens is 1. The molecule has 15 heavy (non-hydrogen) atoms. The second-order valence-electron chi connectivity index (χ2n) is 3.24. The Bertz CT molecular complexity index is 423. The van der Waals surface area contributed by atoms with Crippen LogP contribution in [0.4, 0.5) is 0 Å². The van der Waals surface area contributed by atoms with Crippen LogP contribution >= 0.6 is 0 Å². The van der Waals surface area contributed by atoms with Gasteiger partial charge in [-0.05, 0) is 6.92 Å². The predicted octanol–water partition coefficient (Wildman–Crippen LogP) is 0.328. The Kier molecular flexibility index (Phi) is 3.49. The number of H-pyrrole nitrogens is 1. The van der Waals surface area contributed by atoms with Crippen molar-refractivity contribution < 1.29 is 9.53 Å². The van der Waals surface area contributed by atoms with Gasteiger partial charge in [-0.25, -0.2) is 0 Å². The first kappa shape index (κ1) is 11.3. The molecule has 0 saturated carbocycles. The molecule has 0 fully saturated rings. The standard InChI is InChI=1S/C10H14N2O3/c1-6-4-9(14)8(5-11-7(2)13)10(12-6)15-3/h4H,5H2,1-3H3,(H,11,13)(H,12,14). The molecule has 1 rings (SSSR count). The minimum Gasteiger partial charge on any atom is -0.482 e. The molecule has 0 aliphatic rings. The number of aromatic amines is 1. The molecular formula is C10H14N2O3. The van der Waals surface area contributed by atoms with Gasteiger partial charge in [0, 0.05) is 18.7 Å². The fourth-order valence-electron chi connectivity index (χ4n) is 1.24. The Morgan fingerprint density at radius 2 is 2.27 bits per heavy atom. The van der Waals surface area contributed by atoms with Gasteiger partial charge in [0.1, 0.15) is 0 Å². The number of aryl methyl sites for hydroxylation is 1. The van der Waals surface area contributed by atoms with Crippen molar-refractivity contribution in [2.24, 2.45) is 0 Å². The SMILES string of the molecule is COc1[nH]c(C)cc(=O)c1CNC(C)=O. The quantitative estimate of drug-likeness (QED) is 0.755. The Labute approximate surface area is 87.5 Å². The monoisotopic (exact) mass is 210 g/mol. The van der Waals surface area contributed by atoms with Gasteiger partial charge in [0.2, 0.25) is 5.91 Å². The minimum atomic E-state index is -0.183. The molecule has 5 heteroatoms. The van der Waals surface area contributed by atoms with Crippen molar-refractivity contribution >= 4 is 5.91 Å². The topological polar surface area (TPSA) is 71.2 Å². The Morgan fingerprint density at radius 1 is 1.60 bits per heavy atom. The normalized spacial score (nSPS) is 9.80. The lowest BCUT2D eigenvalue weighted by atomic mass is 10.2. The summed E-state index contributed by atoms with van der Waals surface area (Å²) in [4.78, 5) is 25.2. The molecule has 1 aromatic heterocycles. The van der Waals surface area contributed by atoms with Gasteiger partial charge in [0.25, 0.3) is 0 Å². The van der Waals surface area contributed by atoms with Crippen molar-refractivity contribution in [3.63, 3.8) is 0 Å². The number of methoxy groups -OCH3 is 1. The van der Waals surface area contributed by atoms with Gasteiger partial charge in [-0.2, -0.15) is 0 Å². The fraction of sp³-hybridized carbons (Fsp3) is 0.400. The maximum absolute atomic E-state index is 11.6. The fourth-order valence-corrected chi connectivity index (χ4v) is 1.24. The molecule has 0 spiro atoms. The van der Waals surface area contributed by atoms with E-state index in [1.807, 2.05) is 0 Å². The maximum atomic E-state index is 11.6. The second kappa shape index (κ2) is 4.63. The number of hydrogen-bond donors (Lipinski definition) is 2. The molecule has 2 N–H and O–H groups in total. The van der Waals surface area contributed by atoms with Crippen LogP contribution in [0.2, 0.25) is 0 Å². The van der Waals surface area contributed by atoms with Crippen LogP contribution < -0.4 is 15.5 Å². The van der Waals surface area contributed by atoms with Gasteiger partial charge in [0.15, 0.2) is 11.3 Å². The average Bonchev–Trinajstić information content (AvgIpc) is 2.14. The molecule has 0 unspecified atom stereocenters. The van der Waals surface area contributed by atoms with Gasteiger partial charge < -0.3 is 15.0 Å². The highest BCUT2D eigenvalue weighted by Gasteiger charge is 2.09.